The van der Waals surface area contributed by atoms with Gasteiger partial charge in [-0.3, -0.25) is 4.98 Å². The molecule has 0 amide bonds. The number of nitrogens with zero attached hydrogens (tertiary/aromatic N) is 2. The maximum Gasteiger partial charge on any atom is 0.243 e. The number of methoxy groups -OCH3 is 2. The van der Waals surface area contributed by atoms with Gasteiger partial charge in [0.15, 0.2) is 11.5 Å². The molecule has 7 nitrogen and oxygen atoms in total. The number of fused-ring (bicyclic) bond motifs is 2. The molecular weight excluding hydrogens is 380 g/mol. The molecule has 28 heavy (non-hydrogen) atoms. The van der Waals surface area contributed by atoms with Gasteiger partial charge in [-0.25, -0.2) is 8.42 Å². The van der Waals surface area contributed by atoms with Crippen LogP contribution in [0, 0.1) is 0 Å². The van der Waals surface area contributed by atoms with E-state index in [-0.39, 0.29) is 23.1 Å². The van der Waals surface area contributed by atoms with Crippen molar-refractivity contribution in [1.29, 1.82) is 0 Å². The Kier molecular flexibility index (Phi) is 5.16. The van der Waals surface area contributed by atoms with Gasteiger partial charge in [-0.2, -0.15) is 4.31 Å². The van der Waals surface area contributed by atoms with Crippen LogP contribution in [-0.2, 0) is 10.0 Å². The largest absolute Gasteiger partial charge is 0.493 e. The standard InChI is InChI=1S/C20H24N2O5S/c1-25-19-6-5-18(13-20(19)26-2)28(23,24)22-14-3-4-15(22)12-17(11-14)27-16-7-9-21-10-8-16/h5-10,13-15,17H,3-4,11-12H2,1-2H3. The van der Waals surface area contributed by atoms with E-state index in [1.54, 1.807) is 28.8 Å². The van der Waals surface area contributed by atoms with Crippen LogP contribution in [0.15, 0.2) is 47.6 Å². The van der Waals surface area contributed by atoms with Crippen LogP contribution in [0.2, 0.25) is 0 Å². The van der Waals surface area contributed by atoms with E-state index in [9.17, 15) is 8.42 Å². The number of hydrogen-bond acceptors (Lipinski definition) is 6. The van der Waals surface area contributed by atoms with Gasteiger partial charge < -0.3 is 14.2 Å². The fraction of sp³-hybridized carbons (Fsp3) is 0.450. The summed E-state index contributed by atoms with van der Waals surface area (Å²) >= 11 is 0. The molecule has 2 aliphatic heterocycles. The van der Waals surface area contributed by atoms with E-state index in [0.29, 0.717) is 24.3 Å². The molecule has 0 radical (unpaired) electrons. The van der Waals surface area contributed by atoms with Crippen molar-refractivity contribution in [2.45, 2.75) is 48.8 Å². The van der Waals surface area contributed by atoms with Crippen molar-refractivity contribution >= 4 is 10.0 Å². The predicted octanol–water partition coefficient (Wildman–Crippen LogP) is 2.86. The average molecular weight is 404 g/mol. The Morgan fingerprint density at radius 2 is 1.61 bits per heavy atom. The third-order valence-electron chi connectivity index (χ3n) is 5.51. The quantitative estimate of drug-likeness (QED) is 0.737. The molecule has 3 heterocycles. The van der Waals surface area contributed by atoms with Crippen molar-refractivity contribution < 1.29 is 22.6 Å². The van der Waals surface area contributed by atoms with Crippen molar-refractivity contribution in [3.8, 4) is 17.2 Å². The van der Waals surface area contributed by atoms with Gasteiger partial charge in [0.2, 0.25) is 10.0 Å². The second-order valence-electron chi connectivity index (χ2n) is 7.13. The monoisotopic (exact) mass is 404 g/mol. The summed E-state index contributed by atoms with van der Waals surface area (Å²) in [6.07, 6.45) is 6.48. The molecule has 2 atom stereocenters. The molecule has 0 aliphatic carbocycles. The zero-order valence-corrected chi connectivity index (χ0v) is 16.8. The van der Waals surface area contributed by atoms with Gasteiger partial charge in [0.05, 0.1) is 19.1 Å². The normalized spacial score (nSPS) is 24.7. The van der Waals surface area contributed by atoms with E-state index in [1.807, 2.05) is 12.1 Å². The first-order chi connectivity index (χ1) is 13.5. The maximum atomic E-state index is 13.4. The molecule has 0 N–H and O–H groups in total. The third-order valence-corrected chi connectivity index (χ3v) is 7.51. The van der Waals surface area contributed by atoms with Crippen LogP contribution in [-0.4, -0.2) is 50.1 Å². The fourth-order valence-electron chi connectivity index (χ4n) is 4.28. The molecule has 1 aromatic heterocycles. The number of benzene rings is 1. The lowest BCUT2D eigenvalue weighted by Crippen LogP contribution is -2.49. The molecule has 0 saturated carbocycles. The summed E-state index contributed by atoms with van der Waals surface area (Å²) in [6, 6.07) is 8.30. The van der Waals surface area contributed by atoms with Crippen LogP contribution >= 0.6 is 0 Å². The highest BCUT2D eigenvalue weighted by atomic mass is 32.2. The van der Waals surface area contributed by atoms with Gasteiger partial charge in [-0.1, -0.05) is 0 Å². The van der Waals surface area contributed by atoms with Crippen LogP contribution in [0.3, 0.4) is 0 Å². The number of hydrogen-bond donors (Lipinski definition) is 0. The number of rotatable bonds is 6. The molecule has 2 unspecified atom stereocenters. The van der Waals surface area contributed by atoms with Crippen LogP contribution in [0.5, 0.6) is 17.2 Å². The molecular formula is C20H24N2O5S. The first-order valence-electron chi connectivity index (χ1n) is 9.35. The van der Waals surface area contributed by atoms with Crippen molar-refractivity contribution in [2.24, 2.45) is 0 Å². The number of pyridine rings is 1. The minimum absolute atomic E-state index is 0.0109. The first kappa shape index (κ1) is 19.0. The highest BCUT2D eigenvalue weighted by molar-refractivity contribution is 7.89. The van der Waals surface area contributed by atoms with E-state index in [1.165, 1.54) is 20.3 Å². The number of sulfonamides is 1. The Morgan fingerprint density at radius 3 is 2.21 bits per heavy atom. The highest BCUT2D eigenvalue weighted by Gasteiger charge is 2.48. The van der Waals surface area contributed by atoms with E-state index in [4.69, 9.17) is 14.2 Å². The van der Waals surface area contributed by atoms with Crippen molar-refractivity contribution in [3.63, 3.8) is 0 Å². The number of ether oxygens (including phenoxy) is 3. The smallest absolute Gasteiger partial charge is 0.243 e. The summed E-state index contributed by atoms with van der Waals surface area (Å²) in [6.45, 7) is 0. The van der Waals surface area contributed by atoms with Crippen LogP contribution in [0.1, 0.15) is 25.7 Å². The highest BCUT2D eigenvalue weighted by Crippen LogP contribution is 2.42. The van der Waals surface area contributed by atoms with E-state index >= 15 is 0 Å². The second-order valence-corrected chi connectivity index (χ2v) is 8.97. The Balaban J connectivity index is 1.55. The molecule has 0 spiro atoms. The molecule has 150 valence electrons. The Labute approximate surface area is 165 Å². The summed E-state index contributed by atoms with van der Waals surface area (Å²) in [7, 11) is -0.592. The minimum Gasteiger partial charge on any atom is -0.493 e. The number of aromatic nitrogens is 1. The fourth-order valence-corrected chi connectivity index (χ4v) is 6.19. The summed E-state index contributed by atoms with van der Waals surface area (Å²) in [4.78, 5) is 4.23. The number of piperidine rings is 1. The zero-order chi connectivity index (χ0) is 19.7. The molecule has 2 saturated heterocycles. The summed E-state index contributed by atoms with van der Waals surface area (Å²) in [5.41, 5.74) is 0. The van der Waals surface area contributed by atoms with Crippen molar-refractivity contribution in [3.05, 3.63) is 42.7 Å². The van der Waals surface area contributed by atoms with Gasteiger partial charge >= 0.3 is 0 Å². The Morgan fingerprint density at radius 1 is 0.964 bits per heavy atom. The summed E-state index contributed by atoms with van der Waals surface area (Å²) in [5.74, 6) is 1.69. The zero-order valence-electron chi connectivity index (χ0n) is 15.9. The van der Waals surface area contributed by atoms with E-state index in [0.717, 1.165) is 18.6 Å². The topological polar surface area (TPSA) is 78.0 Å². The molecule has 2 aromatic rings. The Bertz CT molecular complexity index is 921. The van der Waals surface area contributed by atoms with E-state index < -0.39 is 10.0 Å². The molecule has 4 rings (SSSR count). The molecule has 2 fully saturated rings. The van der Waals surface area contributed by atoms with E-state index in [2.05, 4.69) is 4.98 Å². The van der Waals surface area contributed by atoms with Crippen LogP contribution < -0.4 is 14.2 Å². The van der Waals surface area contributed by atoms with Crippen molar-refractivity contribution in [1.82, 2.24) is 9.29 Å². The van der Waals surface area contributed by atoms with Gasteiger partial charge in [-0.05, 0) is 37.1 Å². The van der Waals surface area contributed by atoms with Gasteiger partial charge in [0.25, 0.3) is 0 Å². The maximum absolute atomic E-state index is 13.4. The molecule has 8 heteroatoms. The molecule has 2 bridgehead atoms. The van der Waals surface area contributed by atoms with Crippen LogP contribution in [0.4, 0.5) is 0 Å². The Hall–Kier alpha value is -2.32. The SMILES string of the molecule is COc1ccc(S(=O)(=O)N2C3CCC2CC(Oc2ccncc2)C3)cc1OC. The minimum atomic E-state index is -3.62. The molecule has 2 aliphatic rings. The third kappa shape index (κ3) is 3.42. The lowest BCUT2D eigenvalue weighted by molar-refractivity contribution is 0.0956. The van der Waals surface area contributed by atoms with Crippen LogP contribution in [0.25, 0.3) is 0 Å². The average Bonchev–Trinajstić information content (AvgIpc) is 3.00. The van der Waals surface area contributed by atoms with Crippen molar-refractivity contribution in [2.75, 3.05) is 14.2 Å². The molecule has 1 aromatic carbocycles. The van der Waals surface area contributed by atoms with Gasteiger partial charge in [-0.15, -0.1) is 0 Å². The lowest BCUT2D eigenvalue weighted by Gasteiger charge is -2.37. The predicted molar refractivity (Wildman–Crippen MR) is 103 cm³/mol. The second kappa shape index (κ2) is 7.60. The first-order valence-corrected chi connectivity index (χ1v) is 10.8. The van der Waals surface area contributed by atoms with Gasteiger partial charge in [0, 0.05) is 43.4 Å². The summed E-state index contributed by atoms with van der Waals surface area (Å²) < 4.78 is 45.0. The van der Waals surface area contributed by atoms with Gasteiger partial charge in [0.1, 0.15) is 11.9 Å². The lowest BCUT2D eigenvalue weighted by atomic mass is 10.0. The summed E-state index contributed by atoms with van der Waals surface area (Å²) in [5, 5.41) is 0.